The van der Waals surface area contributed by atoms with Crippen LogP contribution in [-0.4, -0.2) is 24.7 Å². The Hall–Kier alpha value is -0.830. The summed E-state index contributed by atoms with van der Waals surface area (Å²) in [6, 6.07) is 0. The molecule has 146 valence electrons. The van der Waals surface area contributed by atoms with Crippen LogP contribution in [0, 0.1) is 11.3 Å². The molecule has 0 saturated heterocycles. The van der Waals surface area contributed by atoms with Crippen LogP contribution in [0.5, 0.6) is 0 Å². The highest BCUT2D eigenvalue weighted by molar-refractivity contribution is 5.67. The van der Waals surface area contributed by atoms with E-state index in [9.17, 15) is 9.90 Å². The molecule has 0 aromatic heterocycles. The van der Waals surface area contributed by atoms with Crippen molar-refractivity contribution < 1.29 is 9.90 Å². The van der Waals surface area contributed by atoms with Gasteiger partial charge in [-0.3, -0.25) is 4.79 Å². The van der Waals surface area contributed by atoms with Gasteiger partial charge in [-0.25, -0.2) is 0 Å². The normalized spacial score (nSPS) is 18.0. The summed E-state index contributed by atoms with van der Waals surface area (Å²) in [6.45, 7) is 3.27. The predicted molar refractivity (Wildman–Crippen MR) is 107 cm³/mol. The van der Waals surface area contributed by atoms with E-state index < -0.39 is 5.97 Å². The molecular weight excluding hydrogens is 310 g/mol. The first-order valence-corrected chi connectivity index (χ1v) is 10.6. The van der Waals surface area contributed by atoms with Gasteiger partial charge in [-0.15, -0.1) is 0 Å². The second-order valence-electron chi connectivity index (χ2n) is 8.16. The van der Waals surface area contributed by atoms with Crippen molar-refractivity contribution in [2.75, 3.05) is 13.6 Å². The van der Waals surface area contributed by atoms with Crippen LogP contribution in [0.15, 0.2) is 12.2 Å². The van der Waals surface area contributed by atoms with E-state index in [1.54, 1.807) is 0 Å². The molecule has 1 rings (SSSR count). The monoisotopic (exact) mass is 351 g/mol. The number of rotatable bonds is 15. The lowest BCUT2D eigenvalue weighted by molar-refractivity contribution is -0.140. The Bertz CT molecular complexity index is 372. The molecule has 3 nitrogen and oxygen atoms in total. The van der Waals surface area contributed by atoms with Gasteiger partial charge in [0.2, 0.25) is 0 Å². The minimum atomic E-state index is -0.615. The molecule has 0 aromatic carbocycles. The lowest BCUT2D eigenvalue weighted by Crippen LogP contribution is -2.29. The zero-order valence-electron chi connectivity index (χ0n) is 16.7. The molecule has 3 heteroatoms. The molecule has 0 aromatic rings. The van der Waals surface area contributed by atoms with Crippen LogP contribution in [0.25, 0.3) is 0 Å². The van der Waals surface area contributed by atoms with E-state index in [2.05, 4.69) is 24.4 Å². The largest absolute Gasteiger partial charge is 0.481 e. The number of hydrogen-bond donors (Lipinski definition) is 2. The third-order valence-corrected chi connectivity index (χ3v) is 5.78. The molecule has 1 aliphatic carbocycles. The van der Waals surface area contributed by atoms with Gasteiger partial charge in [0, 0.05) is 0 Å². The number of carboxylic acid groups (broad SMARTS) is 1. The number of carboxylic acids is 1. The van der Waals surface area contributed by atoms with Crippen molar-refractivity contribution >= 4 is 5.97 Å². The van der Waals surface area contributed by atoms with Gasteiger partial charge in [0.1, 0.15) is 0 Å². The number of carbonyl (C=O) groups is 1. The molecule has 0 spiro atoms. The maximum Gasteiger partial charge on any atom is 0.303 e. The molecule has 0 amide bonds. The van der Waals surface area contributed by atoms with Crippen LogP contribution in [0.3, 0.4) is 0 Å². The fourth-order valence-electron chi connectivity index (χ4n) is 4.53. The molecule has 0 bridgehead atoms. The van der Waals surface area contributed by atoms with Gasteiger partial charge in [-0.2, -0.15) is 0 Å². The van der Waals surface area contributed by atoms with Crippen molar-refractivity contribution in [1.82, 2.24) is 5.32 Å². The summed E-state index contributed by atoms with van der Waals surface area (Å²) in [5.41, 5.74) is 0.0719. The van der Waals surface area contributed by atoms with Gasteiger partial charge in [0.15, 0.2) is 0 Å². The van der Waals surface area contributed by atoms with Crippen LogP contribution in [0.2, 0.25) is 0 Å². The summed E-state index contributed by atoms with van der Waals surface area (Å²) in [7, 11) is 2.02. The standard InChI is InChI=1S/C22H41NO2/c1-3-4-5-6-7-8-9-10-11-14-20(19-23-2)17-22(18-21(24)25)15-12-13-16-22/h8-9,20,23H,3-7,10-19H2,1-2H3,(H,24,25)/b9-8-/t20-/m0/s1. The fraction of sp³-hybridized carbons (Fsp3) is 0.864. The highest BCUT2D eigenvalue weighted by atomic mass is 16.4. The predicted octanol–water partition coefficient (Wildman–Crippen LogP) is 5.94. The number of nitrogens with one attached hydrogen (secondary N) is 1. The summed E-state index contributed by atoms with van der Waals surface area (Å²) in [5.74, 6) is -0.00322. The molecular formula is C22H41NO2. The molecule has 0 unspecified atom stereocenters. The topological polar surface area (TPSA) is 49.3 Å². The van der Waals surface area contributed by atoms with Gasteiger partial charge in [-0.1, -0.05) is 51.2 Å². The molecule has 1 fully saturated rings. The Morgan fingerprint density at radius 3 is 2.40 bits per heavy atom. The molecule has 1 atom stereocenters. The van der Waals surface area contributed by atoms with Crippen molar-refractivity contribution in [3.8, 4) is 0 Å². The number of aliphatic carboxylic acids is 1. The minimum Gasteiger partial charge on any atom is -0.481 e. The second-order valence-corrected chi connectivity index (χ2v) is 8.16. The highest BCUT2D eigenvalue weighted by Gasteiger charge is 2.37. The summed E-state index contributed by atoms with van der Waals surface area (Å²) in [4.78, 5) is 11.3. The van der Waals surface area contributed by atoms with Gasteiger partial charge < -0.3 is 10.4 Å². The number of allylic oxidation sites excluding steroid dienone is 2. The molecule has 25 heavy (non-hydrogen) atoms. The quantitative estimate of drug-likeness (QED) is 0.283. The molecule has 1 aliphatic rings. The van der Waals surface area contributed by atoms with E-state index in [0.29, 0.717) is 12.3 Å². The maximum absolute atomic E-state index is 11.3. The van der Waals surface area contributed by atoms with Gasteiger partial charge in [-0.05, 0) is 76.3 Å². The summed E-state index contributed by atoms with van der Waals surface area (Å²) in [6.07, 6.45) is 21.0. The van der Waals surface area contributed by atoms with Crippen molar-refractivity contribution in [2.24, 2.45) is 11.3 Å². The Morgan fingerprint density at radius 2 is 1.80 bits per heavy atom. The SMILES string of the molecule is CCCCCC/C=C\CCC[C@H](CNC)CC1(CC(=O)O)CCCC1. The van der Waals surface area contributed by atoms with E-state index in [1.165, 1.54) is 64.2 Å². The van der Waals surface area contributed by atoms with Crippen molar-refractivity contribution in [3.05, 3.63) is 12.2 Å². The number of hydrogen-bond acceptors (Lipinski definition) is 2. The first-order chi connectivity index (χ1) is 12.1. The Kier molecular flexibility index (Phi) is 11.9. The second kappa shape index (κ2) is 13.4. The van der Waals surface area contributed by atoms with Crippen LogP contribution >= 0.6 is 0 Å². The average Bonchev–Trinajstić information content (AvgIpc) is 3.00. The fourth-order valence-corrected chi connectivity index (χ4v) is 4.53. The first-order valence-electron chi connectivity index (χ1n) is 10.6. The summed E-state index contributed by atoms with van der Waals surface area (Å²) < 4.78 is 0. The van der Waals surface area contributed by atoms with Crippen LogP contribution in [-0.2, 0) is 4.79 Å². The molecule has 2 N–H and O–H groups in total. The summed E-state index contributed by atoms with van der Waals surface area (Å²) >= 11 is 0. The zero-order valence-corrected chi connectivity index (χ0v) is 16.7. The summed E-state index contributed by atoms with van der Waals surface area (Å²) in [5, 5.41) is 12.6. The van der Waals surface area contributed by atoms with E-state index in [0.717, 1.165) is 25.8 Å². The zero-order chi connectivity index (χ0) is 18.4. The van der Waals surface area contributed by atoms with Crippen LogP contribution in [0.1, 0.15) is 96.8 Å². The first kappa shape index (κ1) is 22.2. The Morgan fingerprint density at radius 1 is 1.12 bits per heavy atom. The van der Waals surface area contributed by atoms with Crippen LogP contribution < -0.4 is 5.32 Å². The van der Waals surface area contributed by atoms with E-state index in [1.807, 2.05) is 7.05 Å². The lowest BCUT2D eigenvalue weighted by Gasteiger charge is -2.32. The van der Waals surface area contributed by atoms with E-state index in [4.69, 9.17) is 0 Å². The average molecular weight is 352 g/mol. The molecule has 0 radical (unpaired) electrons. The van der Waals surface area contributed by atoms with Crippen molar-refractivity contribution in [2.45, 2.75) is 96.8 Å². The van der Waals surface area contributed by atoms with Gasteiger partial charge in [0.05, 0.1) is 6.42 Å². The third kappa shape index (κ3) is 10.0. The van der Waals surface area contributed by atoms with Gasteiger partial charge in [0.25, 0.3) is 0 Å². The molecule has 0 aliphatic heterocycles. The maximum atomic E-state index is 11.3. The van der Waals surface area contributed by atoms with Crippen LogP contribution in [0.4, 0.5) is 0 Å². The lowest BCUT2D eigenvalue weighted by atomic mass is 9.74. The number of unbranched alkanes of at least 4 members (excludes halogenated alkanes) is 5. The Balaban J connectivity index is 2.31. The van der Waals surface area contributed by atoms with Crippen molar-refractivity contribution in [1.29, 1.82) is 0 Å². The van der Waals surface area contributed by atoms with E-state index >= 15 is 0 Å². The van der Waals surface area contributed by atoms with E-state index in [-0.39, 0.29) is 5.41 Å². The third-order valence-electron chi connectivity index (χ3n) is 5.78. The minimum absolute atomic E-state index is 0.0719. The highest BCUT2D eigenvalue weighted by Crippen LogP contribution is 2.46. The molecule has 0 heterocycles. The van der Waals surface area contributed by atoms with Gasteiger partial charge >= 0.3 is 5.97 Å². The Labute approximate surface area is 155 Å². The molecule has 1 saturated carbocycles. The smallest absolute Gasteiger partial charge is 0.303 e. The van der Waals surface area contributed by atoms with Crippen molar-refractivity contribution in [3.63, 3.8) is 0 Å².